The summed E-state index contributed by atoms with van der Waals surface area (Å²) in [6.07, 6.45) is 3.20. The van der Waals surface area contributed by atoms with Crippen molar-refractivity contribution < 1.29 is 14.2 Å². The lowest BCUT2D eigenvalue weighted by Crippen LogP contribution is -2.11. The van der Waals surface area contributed by atoms with E-state index < -0.39 is 0 Å². The molecule has 0 saturated heterocycles. The number of hydrogen-bond donors (Lipinski definition) is 1. The van der Waals surface area contributed by atoms with E-state index in [0.29, 0.717) is 17.2 Å². The Labute approximate surface area is 121 Å². The second kappa shape index (κ2) is 8.88. The van der Waals surface area contributed by atoms with E-state index >= 15 is 0 Å². The Bertz CT molecular complexity index is 360. The van der Waals surface area contributed by atoms with Crippen LogP contribution in [0.25, 0.3) is 0 Å². The van der Waals surface area contributed by atoms with Gasteiger partial charge in [-0.3, -0.25) is 0 Å². The fourth-order valence-electron chi connectivity index (χ4n) is 1.91. The third-order valence-corrected chi connectivity index (χ3v) is 2.98. The maximum Gasteiger partial charge on any atom is 0.203 e. The van der Waals surface area contributed by atoms with E-state index in [-0.39, 0.29) is 18.4 Å². The first kappa shape index (κ1) is 17.9. The van der Waals surface area contributed by atoms with E-state index in [1.807, 2.05) is 12.1 Å². The van der Waals surface area contributed by atoms with Crippen molar-refractivity contribution in [3.63, 3.8) is 0 Å². The van der Waals surface area contributed by atoms with Gasteiger partial charge in [-0.25, -0.2) is 0 Å². The smallest absolute Gasteiger partial charge is 0.203 e. The molecule has 1 aromatic carbocycles. The van der Waals surface area contributed by atoms with Crippen LogP contribution in [0.3, 0.4) is 0 Å². The van der Waals surface area contributed by atoms with E-state index in [0.717, 1.165) is 24.8 Å². The molecule has 0 aliphatic carbocycles. The minimum atomic E-state index is -0.00124. The Hall–Kier alpha value is -1.13. The highest BCUT2D eigenvalue weighted by atomic mass is 35.5. The second-order valence-corrected chi connectivity index (χ2v) is 4.21. The quantitative estimate of drug-likeness (QED) is 0.836. The number of nitrogens with two attached hydrogens (primary N) is 1. The maximum atomic E-state index is 6.17. The summed E-state index contributed by atoms with van der Waals surface area (Å²) in [6.45, 7) is 2.15. The van der Waals surface area contributed by atoms with Crippen LogP contribution in [0.15, 0.2) is 12.1 Å². The molecular formula is C14H24ClNO3. The second-order valence-electron chi connectivity index (χ2n) is 4.21. The number of methoxy groups -OCH3 is 3. The van der Waals surface area contributed by atoms with Crippen molar-refractivity contribution in [1.29, 1.82) is 0 Å². The van der Waals surface area contributed by atoms with Gasteiger partial charge in [0.25, 0.3) is 0 Å². The van der Waals surface area contributed by atoms with Crippen LogP contribution in [0.1, 0.15) is 37.8 Å². The van der Waals surface area contributed by atoms with Crippen molar-refractivity contribution in [3.8, 4) is 17.2 Å². The normalized spacial score (nSPS) is 11.4. The summed E-state index contributed by atoms with van der Waals surface area (Å²) in [6, 6.07) is 3.84. The largest absolute Gasteiger partial charge is 0.493 e. The third-order valence-electron chi connectivity index (χ3n) is 2.98. The molecule has 1 rings (SSSR count). The first-order valence-electron chi connectivity index (χ1n) is 6.23. The molecule has 1 atom stereocenters. The number of benzene rings is 1. The van der Waals surface area contributed by atoms with Gasteiger partial charge in [-0.2, -0.15) is 0 Å². The van der Waals surface area contributed by atoms with Crippen molar-refractivity contribution in [2.24, 2.45) is 5.73 Å². The van der Waals surface area contributed by atoms with Crippen LogP contribution >= 0.6 is 12.4 Å². The molecule has 0 saturated carbocycles. The van der Waals surface area contributed by atoms with Gasteiger partial charge in [-0.05, 0) is 24.1 Å². The van der Waals surface area contributed by atoms with E-state index in [1.165, 1.54) is 0 Å². The molecule has 0 amide bonds. The van der Waals surface area contributed by atoms with Gasteiger partial charge < -0.3 is 19.9 Å². The molecule has 0 spiro atoms. The van der Waals surface area contributed by atoms with Crippen LogP contribution in [0, 0.1) is 0 Å². The molecule has 0 heterocycles. The highest BCUT2D eigenvalue weighted by molar-refractivity contribution is 5.85. The minimum Gasteiger partial charge on any atom is -0.493 e. The van der Waals surface area contributed by atoms with E-state index in [4.69, 9.17) is 19.9 Å². The highest BCUT2D eigenvalue weighted by Crippen LogP contribution is 2.39. The predicted molar refractivity (Wildman–Crippen MR) is 79.8 cm³/mol. The lowest BCUT2D eigenvalue weighted by atomic mass is 10.0. The van der Waals surface area contributed by atoms with Crippen molar-refractivity contribution in [2.75, 3.05) is 21.3 Å². The van der Waals surface area contributed by atoms with Crippen LogP contribution in [0.5, 0.6) is 17.2 Å². The van der Waals surface area contributed by atoms with Crippen LogP contribution in [0.2, 0.25) is 0 Å². The summed E-state index contributed by atoms with van der Waals surface area (Å²) < 4.78 is 15.9. The van der Waals surface area contributed by atoms with Gasteiger partial charge in [0.15, 0.2) is 11.5 Å². The maximum absolute atomic E-state index is 6.17. The molecule has 0 aromatic heterocycles. The van der Waals surface area contributed by atoms with Crippen molar-refractivity contribution in [2.45, 2.75) is 32.2 Å². The van der Waals surface area contributed by atoms with Gasteiger partial charge in [0.1, 0.15) is 0 Å². The van der Waals surface area contributed by atoms with Crippen molar-refractivity contribution >= 4 is 12.4 Å². The fraction of sp³-hybridized carbons (Fsp3) is 0.571. The molecule has 0 aliphatic heterocycles. The zero-order chi connectivity index (χ0) is 13.5. The first-order valence-corrected chi connectivity index (χ1v) is 6.23. The minimum absolute atomic E-state index is 0. The monoisotopic (exact) mass is 289 g/mol. The van der Waals surface area contributed by atoms with Crippen molar-refractivity contribution in [3.05, 3.63) is 17.7 Å². The zero-order valence-electron chi connectivity index (χ0n) is 12.1. The average Bonchev–Trinajstić information content (AvgIpc) is 2.42. The van der Waals surface area contributed by atoms with E-state index in [1.54, 1.807) is 21.3 Å². The number of ether oxygens (including phenoxy) is 3. The standard InChI is InChI=1S/C14H23NO3.ClH/c1-5-6-7-11(15)10-8-12(16-2)14(18-4)13(9-10)17-3;/h8-9,11H,5-7,15H2,1-4H3;1H/t11-;/m0./s1. The molecule has 5 heteroatoms. The molecule has 19 heavy (non-hydrogen) atoms. The summed E-state index contributed by atoms with van der Waals surface area (Å²) in [7, 11) is 4.81. The molecule has 0 fully saturated rings. The summed E-state index contributed by atoms with van der Waals surface area (Å²) in [5.41, 5.74) is 7.18. The van der Waals surface area contributed by atoms with Gasteiger partial charge in [0, 0.05) is 6.04 Å². The van der Waals surface area contributed by atoms with E-state index in [2.05, 4.69) is 6.92 Å². The zero-order valence-corrected chi connectivity index (χ0v) is 12.9. The van der Waals surface area contributed by atoms with Crippen LogP contribution < -0.4 is 19.9 Å². The SMILES string of the molecule is CCCC[C@H](N)c1cc(OC)c(OC)c(OC)c1.Cl. The molecule has 0 aliphatic rings. The molecule has 0 radical (unpaired) electrons. The molecule has 4 nitrogen and oxygen atoms in total. The number of unbranched alkanes of at least 4 members (excludes halogenated alkanes) is 1. The topological polar surface area (TPSA) is 53.7 Å². The fourth-order valence-corrected chi connectivity index (χ4v) is 1.91. The Morgan fingerprint density at radius 2 is 1.58 bits per heavy atom. The molecular weight excluding hydrogens is 266 g/mol. The Kier molecular flexibility index (Phi) is 8.35. The lowest BCUT2D eigenvalue weighted by Gasteiger charge is -2.17. The molecule has 0 bridgehead atoms. The Morgan fingerprint density at radius 1 is 1.05 bits per heavy atom. The number of rotatable bonds is 7. The average molecular weight is 290 g/mol. The van der Waals surface area contributed by atoms with Crippen LogP contribution in [0.4, 0.5) is 0 Å². The number of halogens is 1. The lowest BCUT2D eigenvalue weighted by molar-refractivity contribution is 0.323. The first-order chi connectivity index (χ1) is 8.67. The summed E-state index contributed by atoms with van der Waals surface area (Å²) in [5, 5.41) is 0. The Balaban J connectivity index is 0.00000324. The van der Waals surface area contributed by atoms with Gasteiger partial charge in [0.2, 0.25) is 5.75 Å². The van der Waals surface area contributed by atoms with E-state index in [9.17, 15) is 0 Å². The van der Waals surface area contributed by atoms with Crippen molar-refractivity contribution in [1.82, 2.24) is 0 Å². The van der Waals surface area contributed by atoms with Crippen LogP contribution in [-0.4, -0.2) is 21.3 Å². The molecule has 0 unspecified atom stereocenters. The molecule has 110 valence electrons. The van der Waals surface area contributed by atoms with Crippen LogP contribution in [-0.2, 0) is 0 Å². The molecule has 1 aromatic rings. The predicted octanol–water partition coefficient (Wildman–Crippen LogP) is 3.32. The summed E-state index contributed by atoms with van der Waals surface area (Å²) in [5.74, 6) is 1.91. The van der Waals surface area contributed by atoms with Gasteiger partial charge in [-0.15, -0.1) is 12.4 Å². The highest BCUT2D eigenvalue weighted by Gasteiger charge is 2.16. The Morgan fingerprint density at radius 3 is 1.95 bits per heavy atom. The molecule has 2 N–H and O–H groups in total. The number of hydrogen-bond acceptors (Lipinski definition) is 4. The summed E-state index contributed by atoms with van der Waals surface area (Å²) >= 11 is 0. The van der Waals surface area contributed by atoms with Gasteiger partial charge >= 0.3 is 0 Å². The summed E-state index contributed by atoms with van der Waals surface area (Å²) in [4.78, 5) is 0. The van der Waals surface area contributed by atoms with Gasteiger partial charge in [0.05, 0.1) is 21.3 Å². The van der Waals surface area contributed by atoms with Gasteiger partial charge in [-0.1, -0.05) is 19.8 Å². The third kappa shape index (κ3) is 4.48.